The van der Waals surface area contributed by atoms with Crippen LogP contribution in [0.4, 0.5) is 14.5 Å². The van der Waals surface area contributed by atoms with Crippen LogP contribution in [0.3, 0.4) is 0 Å². The number of hydrogen-bond donors (Lipinski definition) is 2. The number of hydrogen-bond acceptors (Lipinski definition) is 1. The molecule has 2 rings (SSSR count). The SMILES string of the molecule is Cc1ccccc1NC(=O)C[NH2+][C@@H](C)c1ccc(F)c(F)c1. The predicted molar refractivity (Wildman–Crippen MR) is 81.4 cm³/mol. The molecule has 0 aromatic heterocycles. The third-order valence-corrected chi connectivity index (χ3v) is 3.55. The molecule has 1 amide bonds. The molecule has 116 valence electrons. The molecule has 0 aliphatic rings. The number of halogens is 2. The van der Waals surface area contributed by atoms with Crippen LogP contribution in [0.5, 0.6) is 0 Å². The lowest BCUT2D eigenvalue weighted by Gasteiger charge is -2.12. The van der Waals surface area contributed by atoms with Crippen LogP contribution >= 0.6 is 0 Å². The Balaban J connectivity index is 1.90. The second-order valence-electron chi connectivity index (χ2n) is 5.27. The minimum absolute atomic E-state index is 0.135. The first-order chi connectivity index (χ1) is 10.5. The Bertz CT molecular complexity index is 673. The molecule has 0 aliphatic heterocycles. The average Bonchev–Trinajstić information content (AvgIpc) is 2.50. The molecule has 1 atom stereocenters. The highest BCUT2D eigenvalue weighted by atomic mass is 19.2. The van der Waals surface area contributed by atoms with Crippen LogP contribution in [0.1, 0.15) is 24.1 Å². The Morgan fingerprint density at radius 2 is 1.91 bits per heavy atom. The fraction of sp³-hybridized carbons (Fsp3) is 0.235. The number of anilines is 1. The van der Waals surface area contributed by atoms with Crippen molar-refractivity contribution in [1.29, 1.82) is 0 Å². The monoisotopic (exact) mass is 305 g/mol. The van der Waals surface area contributed by atoms with Crippen molar-refractivity contribution in [3.05, 3.63) is 65.2 Å². The predicted octanol–water partition coefficient (Wildman–Crippen LogP) is 2.54. The molecule has 2 aromatic carbocycles. The Morgan fingerprint density at radius 1 is 1.18 bits per heavy atom. The van der Waals surface area contributed by atoms with Crippen LogP contribution in [0, 0.1) is 18.6 Å². The molecule has 3 N–H and O–H groups in total. The van der Waals surface area contributed by atoms with Gasteiger partial charge in [-0.1, -0.05) is 18.2 Å². The zero-order valence-electron chi connectivity index (χ0n) is 12.6. The number of nitrogens with one attached hydrogen (secondary N) is 1. The number of carbonyl (C=O) groups is 1. The summed E-state index contributed by atoms with van der Waals surface area (Å²) in [5.74, 6) is -1.88. The molecule has 0 unspecified atom stereocenters. The lowest BCUT2D eigenvalue weighted by Crippen LogP contribution is -2.86. The van der Waals surface area contributed by atoms with Crippen LogP contribution < -0.4 is 10.6 Å². The van der Waals surface area contributed by atoms with Gasteiger partial charge in [0.2, 0.25) is 0 Å². The molecule has 0 fully saturated rings. The molecular weight excluding hydrogens is 286 g/mol. The molecule has 0 saturated heterocycles. The largest absolute Gasteiger partial charge is 0.333 e. The first-order valence-electron chi connectivity index (χ1n) is 7.11. The molecule has 0 saturated carbocycles. The van der Waals surface area contributed by atoms with Gasteiger partial charge in [-0.15, -0.1) is 0 Å². The second kappa shape index (κ2) is 7.13. The van der Waals surface area contributed by atoms with Crippen molar-refractivity contribution in [1.82, 2.24) is 0 Å². The normalized spacial score (nSPS) is 12.0. The fourth-order valence-corrected chi connectivity index (χ4v) is 2.13. The van der Waals surface area contributed by atoms with E-state index < -0.39 is 11.6 Å². The standard InChI is InChI=1S/C17H18F2N2O/c1-11-5-3-4-6-16(11)21-17(22)10-20-12(2)13-7-8-14(18)15(19)9-13/h3-9,12,20H,10H2,1-2H3,(H,21,22)/p+1/t12-/m0/s1. The average molecular weight is 305 g/mol. The van der Waals surface area contributed by atoms with E-state index in [-0.39, 0.29) is 18.5 Å². The Labute approximate surface area is 128 Å². The maximum absolute atomic E-state index is 13.2. The summed E-state index contributed by atoms with van der Waals surface area (Å²) in [5.41, 5.74) is 2.41. The highest BCUT2D eigenvalue weighted by Gasteiger charge is 2.14. The Hall–Kier alpha value is -2.27. The van der Waals surface area contributed by atoms with Gasteiger partial charge in [-0.05, 0) is 43.7 Å². The van der Waals surface area contributed by atoms with Crippen LogP contribution in [0.25, 0.3) is 0 Å². The van der Waals surface area contributed by atoms with E-state index in [0.717, 1.165) is 23.4 Å². The van der Waals surface area contributed by atoms with E-state index in [0.29, 0.717) is 5.56 Å². The van der Waals surface area contributed by atoms with Gasteiger partial charge in [-0.25, -0.2) is 8.78 Å². The molecule has 2 aromatic rings. The molecule has 22 heavy (non-hydrogen) atoms. The zero-order valence-corrected chi connectivity index (χ0v) is 12.6. The van der Waals surface area contributed by atoms with E-state index in [1.54, 1.807) is 5.32 Å². The minimum Gasteiger partial charge on any atom is -0.333 e. The van der Waals surface area contributed by atoms with Crippen molar-refractivity contribution in [3.8, 4) is 0 Å². The van der Waals surface area contributed by atoms with E-state index in [2.05, 4.69) is 5.32 Å². The van der Waals surface area contributed by atoms with Crippen molar-refractivity contribution >= 4 is 11.6 Å². The number of nitrogens with two attached hydrogens (primary N) is 1. The summed E-state index contributed by atoms with van der Waals surface area (Å²) >= 11 is 0. The number of benzene rings is 2. The molecule has 0 bridgehead atoms. The molecule has 5 heteroatoms. The van der Waals surface area contributed by atoms with Crippen molar-refractivity contribution < 1.29 is 18.9 Å². The van der Waals surface area contributed by atoms with Gasteiger partial charge in [-0.3, -0.25) is 4.79 Å². The highest BCUT2D eigenvalue weighted by molar-refractivity contribution is 5.92. The Morgan fingerprint density at radius 3 is 2.59 bits per heavy atom. The number of amides is 1. The van der Waals surface area contributed by atoms with Crippen molar-refractivity contribution in [3.63, 3.8) is 0 Å². The number of rotatable bonds is 5. The van der Waals surface area contributed by atoms with Crippen LogP contribution in [-0.2, 0) is 4.79 Å². The zero-order chi connectivity index (χ0) is 16.1. The van der Waals surface area contributed by atoms with Crippen LogP contribution in [-0.4, -0.2) is 12.5 Å². The summed E-state index contributed by atoms with van der Waals surface area (Å²) in [5, 5.41) is 4.61. The van der Waals surface area contributed by atoms with Crippen LogP contribution in [0.15, 0.2) is 42.5 Å². The fourth-order valence-electron chi connectivity index (χ4n) is 2.13. The molecule has 0 aliphatic carbocycles. The minimum atomic E-state index is -0.873. The number of quaternary nitrogens is 1. The summed E-state index contributed by atoms with van der Waals surface area (Å²) in [4.78, 5) is 11.9. The first-order valence-corrected chi connectivity index (χ1v) is 7.11. The van der Waals surface area contributed by atoms with Gasteiger partial charge < -0.3 is 10.6 Å². The number of para-hydroxylation sites is 1. The highest BCUT2D eigenvalue weighted by Crippen LogP contribution is 2.14. The topological polar surface area (TPSA) is 45.7 Å². The third kappa shape index (κ3) is 4.11. The van der Waals surface area contributed by atoms with Crippen molar-refractivity contribution in [2.45, 2.75) is 19.9 Å². The van der Waals surface area contributed by atoms with Crippen LogP contribution in [0.2, 0.25) is 0 Å². The van der Waals surface area contributed by atoms with Gasteiger partial charge in [0.1, 0.15) is 6.04 Å². The van der Waals surface area contributed by atoms with Crippen molar-refractivity contribution in [2.24, 2.45) is 0 Å². The molecular formula is C17H19F2N2O+. The summed E-state index contributed by atoms with van der Waals surface area (Å²) < 4.78 is 26.1. The molecule has 0 radical (unpaired) electrons. The molecule has 3 nitrogen and oxygen atoms in total. The molecule has 0 spiro atoms. The maximum atomic E-state index is 13.2. The maximum Gasteiger partial charge on any atom is 0.279 e. The van der Waals surface area contributed by atoms with Gasteiger partial charge >= 0.3 is 0 Å². The van der Waals surface area contributed by atoms with Gasteiger partial charge in [0.25, 0.3) is 5.91 Å². The quantitative estimate of drug-likeness (QED) is 0.876. The second-order valence-corrected chi connectivity index (χ2v) is 5.27. The van der Waals surface area contributed by atoms with Gasteiger partial charge in [0.15, 0.2) is 18.2 Å². The summed E-state index contributed by atoms with van der Waals surface area (Å²) in [7, 11) is 0. The lowest BCUT2D eigenvalue weighted by atomic mass is 10.1. The van der Waals surface area contributed by atoms with Crippen molar-refractivity contribution in [2.75, 3.05) is 11.9 Å². The Kier molecular flexibility index (Phi) is 5.22. The molecule has 0 heterocycles. The van der Waals surface area contributed by atoms with Gasteiger partial charge in [-0.2, -0.15) is 0 Å². The van der Waals surface area contributed by atoms with Gasteiger partial charge in [0.05, 0.1) is 0 Å². The van der Waals surface area contributed by atoms with E-state index >= 15 is 0 Å². The number of carbonyl (C=O) groups excluding carboxylic acids is 1. The van der Waals surface area contributed by atoms with Gasteiger partial charge in [0, 0.05) is 11.3 Å². The third-order valence-electron chi connectivity index (χ3n) is 3.55. The van der Waals surface area contributed by atoms with E-state index in [4.69, 9.17) is 0 Å². The number of aryl methyl sites for hydroxylation is 1. The summed E-state index contributed by atoms with van der Waals surface area (Å²) in [6.45, 7) is 3.96. The summed E-state index contributed by atoms with van der Waals surface area (Å²) in [6.07, 6.45) is 0. The van der Waals surface area contributed by atoms with E-state index in [1.165, 1.54) is 6.07 Å². The first kappa shape index (κ1) is 16.1. The van der Waals surface area contributed by atoms with E-state index in [1.807, 2.05) is 38.1 Å². The smallest absolute Gasteiger partial charge is 0.279 e. The van der Waals surface area contributed by atoms with E-state index in [9.17, 15) is 13.6 Å². The lowest BCUT2D eigenvalue weighted by molar-refractivity contribution is -0.682. The summed E-state index contributed by atoms with van der Waals surface area (Å²) in [6, 6.07) is 11.2.